The summed E-state index contributed by atoms with van der Waals surface area (Å²) in [6.07, 6.45) is 1.51. The van der Waals surface area contributed by atoms with Crippen LogP contribution >= 0.6 is 11.6 Å². The van der Waals surface area contributed by atoms with Gasteiger partial charge >= 0.3 is 0 Å². The van der Waals surface area contributed by atoms with Crippen LogP contribution in [0.4, 0.5) is 5.82 Å². The number of likely N-dealkylation sites (tertiary alicyclic amines) is 1. The Bertz CT molecular complexity index is 1230. The van der Waals surface area contributed by atoms with Gasteiger partial charge in [-0.15, -0.1) is 0 Å². The van der Waals surface area contributed by atoms with Crippen molar-refractivity contribution >= 4 is 45.3 Å². The van der Waals surface area contributed by atoms with E-state index in [1.54, 1.807) is 0 Å². The summed E-state index contributed by atoms with van der Waals surface area (Å²) in [7, 11) is 0. The van der Waals surface area contributed by atoms with Crippen LogP contribution in [0.15, 0.2) is 42.5 Å². The zero-order chi connectivity index (χ0) is 19.3. The monoisotopic (exact) mass is 391 g/mol. The van der Waals surface area contributed by atoms with Gasteiger partial charge in [0.1, 0.15) is 11.3 Å². The molecule has 1 aliphatic heterocycles. The average Bonchev–Trinajstić information content (AvgIpc) is 3.29. The first-order valence-corrected chi connectivity index (χ1v) is 9.58. The second-order valence-electron chi connectivity index (χ2n) is 7.03. The van der Waals surface area contributed by atoms with Gasteiger partial charge in [-0.2, -0.15) is 0 Å². The summed E-state index contributed by atoms with van der Waals surface area (Å²) >= 11 is 6.34. The predicted octanol–water partition coefficient (Wildman–Crippen LogP) is 4.14. The fraction of sp³-hybridized carbons (Fsp3) is 0.190. The Balaban J connectivity index is 1.61. The van der Waals surface area contributed by atoms with Gasteiger partial charge in [0, 0.05) is 28.9 Å². The molecular weight excluding hydrogens is 374 g/mol. The Morgan fingerprint density at radius 1 is 1.18 bits per heavy atom. The van der Waals surface area contributed by atoms with Gasteiger partial charge in [0.2, 0.25) is 5.91 Å². The fourth-order valence-electron chi connectivity index (χ4n) is 3.81. The summed E-state index contributed by atoms with van der Waals surface area (Å²) in [6, 6.07) is 13.7. The lowest BCUT2D eigenvalue weighted by atomic mass is 10.0. The summed E-state index contributed by atoms with van der Waals surface area (Å²) in [5, 5.41) is 1.63. The van der Waals surface area contributed by atoms with Crippen LogP contribution in [-0.2, 0) is 11.3 Å². The Kier molecular flexibility index (Phi) is 3.94. The van der Waals surface area contributed by atoms with E-state index in [1.807, 2.05) is 47.4 Å². The zero-order valence-electron chi connectivity index (χ0n) is 15.1. The van der Waals surface area contributed by atoms with Crippen molar-refractivity contribution in [2.75, 3.05) is 12.3 Å². The number of H-pyrrole nitrogens is 1. The number of rotatable bonds is 3. The summed E-state index contributed by atoms with van der Waals surface area (Å²) in [4.78, 5) is 26.2. The molecule has 3 heterocycles. The molecule has 28 heavy (non-hydrogen) atoms. The molecule has 1 fully saturated rings. The lowest BCUT2D eigenvalue weighted by Crippen LogP contribution is -2.24. The van der Waals surface area contributed by atoms with Crippen molar-refractivity contribution in [1.82, 2.24) is 19.9 Å². The van der Waals surface area contributed by atoms with E-state index in [9.17, 15) is 4.79 Å². The molecule has 1 amide bonds. The molecule has 0 spiro atoms. The highest BCUT2D eigenvalue weighted by Gasteiger charge is 2.22. The molecule has 140 valence electrons. The Morgan fingerprint density at radius 2 is 2.04 bits per heavy atom. The van der Waals surface area contributed by atoms with E-state index >= 15 is 0 Å². The van der Waals surface area contributed by atoms with Gasteiger partial charge in [-0.05, 0) is 24.1 Å². The maximum absolute atomic E-state index is 11.9. The SMILES string of the molecule is Nc1nc2cc(-c3ccccc3Cl)ccc2c2[nH]c(CN3CCCC3=O)nc12. The molecule has 0 aliphatic carbocycles. The van der Waals surface area contributed by atoms with E-state index in [0.29, 0.717) is 29.3 Å². The highest BCUT2D eigenvalue weighted by Crippen LogP contribution is 2.33. The molecule has 7 heteroatoms. The molecule has 0 saturated carbocycles. The van der Waals surface area contributed by atoms with Crippen molar-refractivity contribution < 1.29 is 4.79 Å². The number of nitrogens with one attached hydrogen (secondary N) is 1. The van der Waals surface area contributed by atoms with Gasteiger partial charge in [0.05, 0.1) is 17.6 Å². The third-order valence-electron chi connectivity index (χ3n) is 5.20. The topological polar surface area (TPSA) is 87.9 Å². The van der Waals surface area contributed by atoms with Gasteiger partial charge in [0.25, 0.3) is 0 Å². The van der Waals surface area contributed by atoms with Crippen molar-refractivity contribution in [3.63, 3.8) is 0 Å². The summed E-state index contributed by atoms with van der Waals surface area (Å²) in [6.45, 7) is 1.23. The number of pyridine rings is 1. The number of benzene rings is 2. The number of nitrogen functional groups attached to an aromatic ring is 1. The van der Waals surface area contributed by atoms with Crippen LogP contribution in [0.1, 0.15) is 18.7 Å². The van der Waals surface area contributed by atoms with Gasteiger partial charge in [-0.25, -0.2) is 9.97 Å². The predicted molar refractivity (Wildman–Crippen MR) is 111 cm³/mol. The van der Waals surface area contributed by atoms with Crippen LogP contribution in [0.2, 0.25) is 5.02 Å². The van der Waals surface area contributed by atoms with E-state index in [-0.39, 0.29) is 5.91 Å². The summed E-state index contributed by atoms with van der Waals surface area (Å²) in [5.74, 6) is 1.26. The molecule has 3 N–H and O–H groups in total. The number of hydrogen-bond acceptors (Lipinski definition) is 4. The number of carbonyl (C=O) groups is 1. The molecule has 0 atom stereocenters. The highest BCUT2D eigenvalue weighted by molar-refractivity contribution is 6.33. The van der Waals surface area contributed by atoms with Crippen molar-refractivity contribution in [3.8, 4) is 11.1 Å². The number of nitrogens with zero attached hydrogens (tertiary/aromatic N) is 3. The first kappa shape index (κ1) is 17.0. The average molecular weight is 392 g/mol. The summed E-state index contributed by atoms with van der Waals surface area (Å²) < 4.78 is 0. The third kappa shape index (κ3) is 2.77. The number of imidazole rings is 1. The van der Waals surface area contributed by atoms with Crippen molar-refractivity contribution in [1.29, 1.82) is 0 Å². The minimum Gasteiger partial charge on any atom is -0.382 e. The van der Waals surface area contributed by atoms with Gasteiger partial charge in [-0.3, -0.25) is 4.79 Å². The second kappa shape index (κ2) is 6.49. The zero-order valence-corrected chi connectivity index (χ0v) is 15.8. The normalized spacial score (nSPS) is 14.5. The largest absolute Gasteiger partial charge is 0.382 e. The maximum atomic E-state index is 11.9. The number of amides is 1. The number of halogens is 1. The van der Waals surface area contributed by atoms with Crippen LogP contribution in [0.3, 0.4) is 0 Å². The molecule has 1 aliphatic rings. The molecule has 5 rings (SSSR count). The molecule has 1 saturated heterocycles. The molecule has 2 aromatic carbocycles. The third-order valence-corrected chi connectivity index (χ3v) is 5.53. The Hall–Kier alpha value is -3.12. The van der Waals surface area contributed by atoms with Crippen LogP contribution in [0.5, 0.6) is 0 Å². The highest BCUT2D eigenvalue weighted by atomic mass is 35.5. The van der Waals surface area contributed by atoms with Crippen LogP contribution in [0, 0.1) is 0 Å². The van der Waals surface area contributed by atoms with Gasteiger partial charge in [-0.1, -0.05) is 41.9 Å². The standard InChI is InChI=1S/C21H18ClN5O/c22-15-5-2-1-4-13(15)12-7-8-14-16(10-12)24-21(23)20-19(14)25-17(26-20)11-27-9-3-6-18(27)28/h1-2,4-5,7-8,10H,3,6,9,11H2,(H2,23,24)(H,25,26). The first-order valence-electron chi connectivity index (χ1n) is 9.20. The fourth-order valence-corrected chi connectivity index (χ4v) is 4.06. The minimum atomic E-state index is 0.167. The molecule has 0 radical (unpaired) electrons. The molecule has 0 unspecified atom stereocenters. The molecule has 0 bridgehead atoms. The number of anilines is 1. The number of fused-ring (bicyclic) bond motifs is 3. The number of aromatic amines is 1. The van der Waals surface area contributed by atoms with E-state index in [2.05, 4.69) is 15.0 Å². The number of hydrogen-bond donors (Lipinski definition) is 2. The summed E-state index contributed by atoms with van der Waals surface area (Å²) in [5.41, 5.74) is 10.4. The quantitative estimate of drug-likeness (QED) is 0.549. The second-order valence-corrected chi connectivity index (χ2v) is 7.44. The van der Waals surface area contributed by atoms with Crippen LogP contribution < -0.4 is 5.73 Å². The Morgan fingerprint density at radius 3 is 2.82 bits per heavy atom. The molecule has 4 aromatic rings. The Labute approximate surface area is 166 Å². The van der Waals surface area contributed by atoms with Crippen LogP contribution in [-0.4, -0.2) is 32.3 Å². The number of carbonyl (C=O) groups excluding carboxylic acids is 1. The molecular formula is C21H18ClN5O. The molecule has 2 aromatic heterocycles. The number of nitrogens with two attached hydrogens (primary N) is 1. The van der Waals surface area contributed by atoms with Crippen molar-refractivity contribution in [2.24, 2.45) is 0 Å². The van der Waals surface area contributed by atoms with E-state index in [4.69, 9.17) is 17.3 Å². The van der Waals surface area contributed by atoms with Crippen LogP contribution in [0.25, 0.3) is 33.1 Å². The van der Waals surface area contributed by atoms with Crippen molar-refractivity contribution in [2.45, 2.75) is 19.4 Å². The maximum Gasteiger partial charge on any atom is 0.223 e. The lowest BCUT2D eigenvalue weighted by Gasteiger charge is -2.12. The van der Waals surface area contributed by atoms with E-state index < -0.39 is 0 Å². The minimum absolute atomic E-state index is 0.167. The first-order chi connectivity index (χ1) is 13.6. The number of aromatic nitrogens is 3. The smallest absolute Gasteiger partial charge is 0.223 e. The van der Waals surface area contributed by atoms with Gasteiger partial charge in [0.15, 0.2) is 5.82 Å². The van der Waals surface area contributed by atoms with Crippen molar-refractivity contribution in [3.05, 3.63) is 53.3 Å². The molecule has 6 nitrogen and oxygen atoms in total. The van der Waals surface area contributed by atoms with Gasteiger partial charge < -0.3 is 15.6 Å². The van der Waals surface area contributed by atoms with E-state index in [1.165, 1.54) is 0 Å². The lowest BCUT2D eigenvalue weighted by molar-refractivity contribution is -0.128. The van der Waals surface area contributed by atoms with E-state index in [0.717, 1.165) is 46.3 Å².